The fourth-order valence-electron chi connectivity index (χ4n) is 3.41. The lowest BCUT2D eigenvalue weighted by atomic mass is 9.96. The average molecular weight is 312 g/mol. The zero-order valence-electron chi connectivity index (χ0n) is 13.7. The van der Waals surface area contributed by atoms with Gasteiger partial charge in [-0.15, -0.1) is 0 Å². The molecule has 1 atom stereocenters. The topological polar surface area (TPSA) is 42.4 Å². The van der Waals surface area contributed by atoms with Gasteiger partial charge in [0.15, 0.2) is 0 Å². The molecule has 4 heteroatoms. The summed E-state index contributed by atoms with van der Waals surface area (Å²) in [5, 5.41) is 1.02. The number of rotatable bonds is 5. The predicted octanol–water partition coefficient (Wildman–Crippen LogP) is 3.66. The maximum atomic E-state index is 13.0. The summed E-state index contributed by atoms with van der Waals surface area (Å²) in [6.45, 7) is 1.63. The van der Waals surface area contributed by atoms with Crippen LogP contribution in [0.5, 0.6) is 0 Å². The Hall–Kier alpha value is -1.94. The molecule has 1 fully saturated rings. The predicted molar refractivity (Wildman–Crippen MR) is 91.5 cm³/mol. The Morgan fingerprint density at radius 2 is 2.26 bits per heavy atom. The Bertz CT molecular complexity index is 671. The summed E-state index contributed by atoms with van der Waals surface area (Å²) >= 11 is 0. The van der Waals surface area contributed by atoms with Crippen LogP contribution in [0.1, 0.15) is 42.5 Å². The van der Waals surface area contributed by atoms with Crippen LogP contribution in [0.2, 0.25) is 0 Å². The summed E-state index contributed by atoms with van der Waals surface area (Å²) in [5.41, 5.74) is 1.70. The number of hydrogen-bond acceptors (Lipinski definition) is 3. The summed E-state index contributed by atoms with van der Waals surface area (Å²) in [5.74, 6) is 0.151. The Morgan fingerprint density at radius 1 is 1.35 bits per heavy atom. The molecule has 3 rings (SSSR count). The minimum Gasteiger partial charge on any atom is -0.385 e. The van der Waals surface area contributed by atoms with Gasteiger partial charge in [0.05, 0.1) is 5.52 Å². The van der Waals surface area contributed by atoms with Gasteiger partial charge in [0.2, 0.25) is 0 Å². The molecule has 2 aromatic rings. The molecular weight excluding hydrogens is 288 g/mol. The number of ether oxygens (including phenoxy) is 1. The van der Waals surface area contributed by atoms with Crippen molar-refractivity contribution in [3.8, 4) is 0 Å². The normalized spacial score (nSPS) is 18.3. The van der Waals surface area contributed by atoms with Crippen LogP contribution in [0.25, 0.3) is 10.9 Å². The first-order valence-corrected chi connectivity index (χ1v) is 8.44. The quantitative estimate of drug-likeness (QED) is 0.791. The molecule has 0 saturated carbocycles. The molecular formula is C19H24N2O2. The third-order valence-corrected chi connectivity index (χ3v) is 4.62. The molecule has 1 amide bonds. The molecule has 0 bridgehead atoms. The second kappa shape index (κ2) is 7.55. The van der Waals surface area contributed by atoms with Crippen molar-refractivity contribution >= 4 is 16.8 Å². The number of methoxy groups -OCH3 is 1. The first-order valence-electron chi connectivity index (χ1n) is 8.44. The Kier molecular flexibility index (Phi) is 5.23. The monoisotopic (exact) mass is 312 g/mol. The maximum absolute atomic E-state index is 13.0. The minimum absolute atomic E-state index is 0.151. The van der Waals surface area contributed by atoms with Crippen LogP contribution in [0, 0.1) is 0 Å². The number of pyridine rings is 1. The molecule has 23 heavy (non-hydrogen) atoms. The molecule has 0 spiro atoms. The van der Waals surface area contributed by atoms with Crippen LogP contribution in [-0.4, -0.2) is 42.1 Å². The molecule has 1 aromatic heterocycles. The van der Waals surface area contributed by atoms with E-state index in [2.05, 4.69) is 9.88 Å². The number of carbonyl (C=O) groups excluding carboxylic acids is 1. The van der Waals surface area contributed by atoms with Crippen LogP contribution in [0.4, 0.5) is 0 Å². The highest BCUT2D eigenvalue weighted by atomic mass is 16.5. The van der Waals surface area contributed by atoms with Gasteiger partial charge in [-0.2, -0.15) is 0 Å². The number of benzene rings is 1. The molecule has 0 aliphatic carbocycles. The van der Waals surface area contributed by atoms with Gasteiger partial charge in [-0.25, -0.2) is 0 Å². The lowest BCUT2D eigenvalue weighted by Crippen LogP contribution is -2.43. The van der Waals surface area contributed by atoms with Crippen LogP contribution in [0.15, 0.2) is 36.5 Å². The molecule has 2 heterocycles. The van der Waals surface area contributed by atoms with E-state index in [4.69, 9.17) is 4.74 Å². The number of aromatic nitrogens is 1. The van der Waals surface area contributed by atoms with Crippen molar-refractivity contribution in [3.63, 3.8) is 0 Å². The zero-order chi connectivity index (χ0) is 16.1. The van der Waals surface area contributed by atoms with E-state index in [9.17, 15) is 4.79 Å². The fraction of sp³-hybridized carbons (Fsp3) is 0.474. The molecule has 1 saturated heterocycles. The maximum Gasteiger partial charge on any atom is 0.254 e. The van der Waals surface area contributed by atoms with Crippen LogP contribution < -0.4 is 0 Å². The van der Waals surface area contributed by atoms with Crippen LogP contribution >= 0.6 is 0 Å². The van der Waals surface area contributed by atoms with Gasteiger partial charge in [-0.3, -0.25) is 9.78 Å². The van der Waals surface area contributed by atoms with Crippen LogP contribution in [-0.2, 0) is 4.74 Å². The van der Waals surface area contributed by atoms with Gasteiger partial charge in [0, 0.05) is 43.4 Å². The number of hydrogen-bond donors (Lipinski definition) is 0. The number of likely N-dealkylation sites (tertiary alicyclic amines) is 1. The highest BCUT2D eigenvalue weighted by molar-refractivity contribution is 5.98. The zero-order valence-corrected chi connectivity index (χ0v) is 13.7. The molecule has 0 N–H and O–H groups in total. The van der Waals surface area contributed by atoms with E-state index in [1.54, 1.807) is 13.3 Å². The summed E-state index contributed by atoms with van der Waals surface area (Å²) in [7, 11) is 1.73. The molecule has 4 nitrogen and oxygen atoms in total. The Labute approximate surface area is 137 Å². The second-order valence-corrected chi connectivity index (χ2v) is 6.19. The van der Waals surface area contributed by atoms with E-state index >= 15 is 0 Å². The van der Waals surface area contributed by atoms with E-state index in [0.717, 1.165) is 55.3 Å². The molecule has 1 aliphatic rings. The van der Waals surface area contributed by atoms with Crippen molar-refractivity contribution < 1.29 is 9.53 Å². The van der Waals surface area contributed by atoms with Crippen molar-refractivity contribution in [2.75, 3.05) is 20.3 Å². The van der Waals surface area contributed by atoms with E-state index in [0.29, 0.717) is 6.04 Å². The fourth-order valence-corrected chi connectivity index (χ4v) is 3.41. The van der Waals surface area contributed by atoms with Crippen molar-refractivity contribution in [3.05, 3.63) is 42.1 Å². The molecule has 1 aliphatic heterocycles. The smallest absolute Gasteiger partial charge is 0.254 e. The van der Waals surface area contributed by atoms with Crippen molar-refractivity contribution in [1.29, 1.82) is 0 Å². The first kappa shape index (κ1) is 15.9. The van der Waals surface area contributed by atoms with Crippen molar-refractivity contribution in [1.82, 2.24) is 9.88 Å². The number of piperidine rings is 1. The molecule has 122 valence electrons. The van der Waals surface area contributed by atoms with Gasteiger partial charge in [0.1, 0.15) is 0 Å². The lowest BCUT2D eigenvalue weighted by molar-refractivity contribution is 0.0585. The van der Waals surface area contributed by atoms with Gasteiger partial charge < -0.3 is 9.64 Å². The average Bonchev–Trinajstić information content (AvgIpc) is 2.61. The standard InChI is InChI=1S/C19H24N2O2/c1-23-13-5-8-17-7-2-3-12-21(17)19(22)16-9-10-18-15(14-16)6-4-11-20-18/h4,6,9-11,14,17H,2-3,5,7-8,12-13H2,1H3/t17-/m1/s1. The van der Waals surface area contributed by atoms with E-state index in [-0.39, 0.29) is 5.91 Å². The molecule has 1 aromatic carbocycles. The summed E-state index contributed by atoms with van der Waals surface area (Å²) in [6, 6.07) is 10.1. The third-order valence-electron chi connectivity index (χ3n) is 4.62. The summed E-state index contributed by atoms with van der Waals surface area (Å²) in [4.78, 5) is 19.3. The summed E-state index contributed by atoms with van der Waals surface area (Å²) < 4.78 is 5.15. The number of fused-ring (bicyclic) bond motifs is 1. The minimum atomic E-state index is 0.151. The number of nitrogens with zero attached hydrogens (tertiary/aromatic N) is 2. The van der Waals surface area contributed by atoms with Gasteiger partial charge >= 0.3 is 0 Å². The Morgan fingerprint density at radius 3 is 3.13 bits per heavy atom. The molecule has 0 unspecified atom stereocenters. The third kappa shape index (κ3) is 3.70. The van der Waals surface area contributed by atoms with Gasteiger partial charge in [-0.05, 0) is 56.4 Å². The Balaban J connectivity index is 1.77. The van der Waals surface area contributed by atoms with Crippen molar-refractivity contribution in [2.24, 2.45) is 0 Å². The van der Waals surface area contributed by atoms with Crippen molar-refractivity contribution in [2.45, 2.75) is 38.1 Å². The van der Waals surface area contributed by atoms with E-state index in [1.807, 2.05) is 30.3 Å². The van der Waals surface area contributed by atoms with Gasteiger partial charge in [-0.1, -0.05) is 6.07 Å². The largest absolute Gasteiger partial charge is 0.385 e. The lowest BCUT2D eigenvalue weighted by Gasteiger charge is -2.36. The summed E-state index contributed by atoms with van der Waals surface area (Å²) in [6.07, 6.45) is 7.22. The number of carbonyl (C=O) groups is 1. The second-order valence-electron chi connectivity index (χ2n) is 6.19. The highest BCUT2D eigenvalue weighted by Crippen LogP contribution is 2.24. The number of amides is 1. The first-order chi connectivity index (χ1) is 11.3. The highest BCUT2D eigenvalue weighted by Gasteiger charge is 2.27. The molecule has 0 radical (unpaired) electrons. The van der Waals surface area contributed by atoms with E-state index in [1.165, 1.54) is 6.42 Å². The SMILES string of the molecule is COCCC[C@H]1CCCCN1C(=O)c1ccc2ncccc2c1. The van der Waals surface area contributed by atoms with E-state index < -0.39 is 0 Å². The van der Waals surface area contributed by atoms with Crippen LogP contribution in [0.3, 0.4) is 0 Å². The van der Waals surface area contributed by atoms with Gasteiger partial charge in [0.25, 0.3) is 5.91 Å².